The van der Waals surface area contributed by atoms with Crippen LogP contribution in [0.3, 0.4) is 0 Å². The topological polar surface area (TPSA) is 65.0 Å². The van der Waals surface area contributed by atoms with Crippen LogP contribution in [0.5, 0.6) is 5.75 Å². The third-order valence-electron chi connectivity index (χ3n) is 5.25. The largest absolute Gasteiger partial charge is 0.421 e. The quantitative estimate of drug-likeness (QED) is 0.181. The fourth-order valence-electron chi connectivity index (χ4n) is 3.30. The number of aliphatic imine (C=N–C) groups is 1. The van der Waals surface area contributed by atoms with E-state index in [9.17, 15) is 9.59 Å². The van der Waals surface area contributed by atoms with Crippen LogP contribution in [0.25, 0.3) is 6.08 Å². The maximum atomic E-state index is 12.5. The van der Waals surface area contributed by atoms with Gasteiger partial charge in [0.15, 0.2) is 11.4 Å². The van der Waals surface area contributed by atoms with Gasteiger partial charge in [0.25, 0.3) is 0 Å². The summed E-state index contributed by atoms with van der Waals surface area (Å²) in [6.45, 7) is 6.19. The number of esters is 2. The molecule has 0 aromatic heterocycles. The zero-order valence-electron chi connectivity index (χ0n) is 18.8. The molecule has 4 rings (SSSR count). The maximum absolute atomic E-state index is 12.5. The van der Waals surface area contributed by atoms with Gasteiger partial charge < -0.3 is 9.47 Å². The van der Waals surface area contributed by atoms with Gasteiger partial charge in [-0.15, -0.1) is 0 Å². The summed E-state index contributed by atoms with van der Waals surface area (Å²) in [6.07, 6.45) is 1.62. The molecule has 0 fully saturated rings. The Morgan fingerprint density at radius 1 is 1.00 bits per heavy atom. The number of ether oxygens (including phenoxy) is 2. The van der Waals surface area contributed by atoms with Gasteiger partial charge in [0, 0.05) is 5.56 Å². The first-order chi connectivity index (χ1) is 16.2. The van der Waals surface area contributed by atoms with Crippen molar-refractivity contribution in [2.45, 2.75) is 26.7 Å². The lowest BCUT2D eigenvalue weighted by Gasteiger charge is -2.10. The summed E-state index contributed by atoms with van der Waals surface area (Å²) in [5, 5.41) is 0. The number of rotatable bonds is 5. The van der Waals surface area contributed by atoms with Gasteiger partial charge in [0.1, 0.15) is 0 Å². The molecule has 172 valence electrons. The first kappa shape index (κ1) is 24.1. The molecule has 3 aromatic rings. The number of hydrogen-bond acceptors (Lipinski definition) is 5. The highest BCUT2D eigenvalue weighted by atomic mass is 79.9. The van der Waals surface area contributed by atoms with E-state index >= 15 is 0 Å². The molecule has 0 saturated heterocycles. The van der Waals surface area contributed by atoms with Crippen LogP contribution >= 0.6 is 31.9 Å². The molecule has 34 heavy (non-hydrogen) atoms. The fourth-order valence-corrected chi connectivity index (χ4v) is 4.69. The molecule has 1 aliphatic heterocycles. The van der Waals surface area contributed by atoms with Crippen LogP contribution in [0, 0.1) is 6.92 Å². The number of cyclic esters (lactones) is 1. The second-order valence-corrected chi connectivity index (χ2v) is 9.89. The summed E-state index contributed by atoms with van der Waals surface area (Å²) in [5.74, 6) is 0.0350. The number of benzene rings is 3. The number of halogens is 2. The normalized spacial score (nSPS) is 14.4. The van der Waals surface area contributed by atoms with Crippen molar-refractivity contribution in [3.63, 3.8) is 0 Å². The third kappa shape index (κ3) is 5.37. The molecule has 0 radical (unpaired) electrons. The molecular weight excluding hydrogens is 562 g/mol. The summed E-state index contributed by atoms with van der Waals surface area (Å²) in [7, 11) is 0. The SMILES string of the molecule is Cc1ccc(C(=O)Oc2c(Br)cc(/C=C3\N=C(c4ccc(C(C)C)cc4)OC3=O)cc2Br)cc1. The highest BCUT2D eigenvalue weighted by Gasteiger charge is 2.24. The Morgan fingerprint density at radius 3 is 2.21 bits per heavy atom. The molecule has 0 unspecified atom stereocenters. The van der Waals surface area contributed by atoms with E-state index in [1.807, 2.05) is 43.3 Å². The van der Waals surface area contributed by atoms with Gasteiger partial charge in [-0.25, -0.2) is 14.6 Å². The number of hydrogen-bond donors (Lipinski definition) is 0. The number of carbonyl (C=O) groups excluding carboxylic acids is 2. The van der Waals surface area contributed by atoms with Crippen LogP contribution in [0.1, 0.15) is 52.4 Å². The van der Waals surface area contributed by atoms with Crippen molar-refractivity contribution < 1.29 is 19.1 Å². The lowest BCUT2D eigenvalue weighted by molar-refractivity contribution is -0.129. The average Bonchev–Trinajstić information content (AvgIpc) is 3.16. The average molecular weight is 583 g/mol. The zero-order valence-corrected chi connectivity index (χ0v) is 21.9. The van der Waals surface area contributed by atoms with Crippen molar-refractivity contribution in [2.24, 2.45) is 4.99 Å². The predicted octanol–water partition coefficient (Wildman–Crippen LogP) is 7.21. The Labute approximate surface area is 214 Å². The van der Waals surface area contributed by atoms with E-state index in [2.05, 4.69) is 50.7 Å². The van der Waals surface area contributed by atoms with Gasteiger partial charge in [0.2, 0.25) is 5.90 Å². The van der Waals surface area contributed by atoms with Crippen molar-refractivity contribution >= 4 is 55.8 Å². The van der Waals surface area contributed by atoms with E-state index in [4.69, 9.17) is 9.47 Å². The Hall–Kier alpha value is -3.03. The van der Waals surface area contributed by atoms with E-state index in [0.29, 0.717) is 31.7 Å². The van der Waals surface area contributed by atoms with Gasteiger partial charge in [-0.3, -0.25) is 0 Å². The minimum absolute atomic E-state index is 0.186. The summed E-state index contributed by atoms with van der Waals surface area (Å²) in [4.78, 5) is 29.3. The number of nitrogens with zero attached hydrogens (tertiary/aromatic N) is 1. The van der Waals surface area contributed by atoms with Crippen LogP contribution < -0.4 is 4.74 Å². The van der Waals surface area contributed by atoms with Gasteiger partial charge in [-0.1, -0.05) is 43.7 Å². The fraction of sp³-hybridized carbons (Fsp3) is 0.148. The van der Waals surface area contributed by atoms with Crippen LogP contribution in [0.2, 0.25) is 0 Å². The van der Waals surface area contributed by atoms with Gasteiger partial charge in [0.05, 0.1) is 14.5 Å². The first-order valence-electron chi connectivity index (χ1n) is 10.6. The van der Waals surface area contributed by atoms with E-state index in [-0.39, 0.29) is 11.6 Å². The molecule has 0 amide bonds. The van der Waals surface area contributed by atoms with Gasteiger partial charge in [-0.05, 0) is 98.3 Å². The van der Waals surface area contributed by atoms with Crippen molar-refractivity contribution in [3.8, 4) is 5.75 Å². The Morgan fingerprint density at radius 2 is 1.62 bits per heavy atom. The second kappa shape index (κ2) is 10.1. The Kier molecular flexibility index (Phi) is 7.14. The molecule has 0 bridgehead atoms. The van der Waals surface area contributed by atoms with Crippen LogP contribution in [-0.2, 0) is 9.53 Å². The van der Waals surface area contributed by atoms with Crippen molar-refractivity contribution in [3.05, 3.63) is 103 Å². The molecule has 0 N–H and O–H groups in total. The van der Waals surface area contributed by atoms with Gasteiger partial charge in [-0.2, -0.15) is 0 Å². The van der Waals surface area contributed by atoms with Crippen molar-refractivity contribution in [2.75, 3.05) is 0 Å². The Balaban J connectivity index is 1.56. The minimum Gasteiger partial charge on any atom is -0.421 e. The van der Waals surface area contributed by atoms with E-state index in [1.165, 1.54) is 5.56 Å². The van der Waals surface area contributed by atoms with Crippen LogP contribution in [0.4, 0.5) is 0 Å². The summed E-state index contributed by atoms with van der Waals surface area (Å²) >= 11 is 6.91. The van der Waals surface area contributed by atoms with E-state index in [1.54, 1.807) is 30.3 Å². The molecule has 1 heterocycles. The van der Waals surface area contributed by atoms with Gasteiger partial charge >= 0.3 is 11.9 Å². The second-order valence-electron chi connectivity index (χ2n) is 8.18. The van der Waals surface area contributed by atoms with Crippen molar-refractivity contribution in [1.29, 1.82) is 0 Å². The zero-order chi connectivity index (χ0) is 24.4. The van der Waals surface area contributed by atoms with Crippen LogP contribution in [0.15, 0.2) is 80.3 Å². The molecule has 7 heteroatoms. The van der Waals surface area contributed by atoms with E-state index in [0.717, 1.165) is 11.1 Å². The first-order valence-corrected chi connectivity index (χ1v) is 12.2. The third-order valence-corrected chi connectivity index (χ3v) is 6.43. The van der Waals surface area contributed by atoms with Crippen LogP contribution in [-0.4, -0.2) is 17.8 Å². The maximum Gasteiger partial charge on any atom is 0.363 e. The minimum atomic E-state index is -0.523. The molecule has 0 spiro atoms. The van der Waals surface area contributed by atoms with E-state index < -0.39 is 11.9 Å². The summed E-state index contributed by atoms with van der Waals surface area (Å²) in [5.41, 5.74) is 4.31. The lowest BCUT2D eigenvalue weighted by atomic mass is 10.0. The smallest absolute Gasteiger partial charge is 0.363 e. The molecular formula is C27H21Br2NO4. The summed E-state index contributed by atoms with van der Waals surface area (Å²) in [6, 6.07) is 18.4. The molecule has 0 saturated carbocycles. The molecule has 3 aromatic carbocycles. The highest BCUT2D eigenvalue weighted by Crippen LogP contribution is 2.36. The monoisotopic (exact) mass is 581 g/mol. The predicted molar refractivity (Wildman–Crippen MR) is 139 cm³/mol. The lowest BCUT2D eigenvalue weighted by Crippen LogP contribution is -2.09. The van der Waals surface area contributed by atoms with Crippen molar-refractivity contribution in [1.82, 2.24) is 0 Å². The molecule has 1 aliphatic rings. The Bertz CT molecular complexity index is 1300. The molecule has 0 atom stereocenters. The highest BCUT2D eigenvalue weighted by molar-refractivity contribution is 9.11. The molecule has 0 aliphatic carbocycles. The number of carbonyl (C=O) groups is 2. The molecule has 5 nitrogen and oxygen atoms in total. The number of aryl methyl sites for hydroxylation is 1. The standard InChI is InChI=1S/C27H21Br2NO4/c1-15(2)18-8-10-19(11-9-18)25-30-23(27(32)34-25)14-17-12-21(28)24(22(29)13-17)33-26(31)20-6-4-16(3)5-7-20/h4-15H,1-3H3/b23-14-. The summed E-state index contributed by atoms with van der Waals surface area (Å²) < 4.78 is 12.1.